The van der Waals surface area contributed by atoms with Crippen LogP contribution in [0.5, 0.6) is 0 Å². The Kier molecular flexibility index (Phi) is 2.26. The highest BCUT2D eigenvalue weighted by atomic mass is 15.2. The summed E-state index contributed by atoms with van der Waals surface area (Å²) in [7, 11) is 0. The fourth-order valence-corrected chi connectivity index (χ4v) is 2.95. The molecule has 1 saturated heterocycles. The van der Waals surface area contributed by atoms with E-state index in [9.17, 15) is 0 Å². The van der Waals surface area contributed by atoms with Gasteiger partial charge in [-0.05, 0) is 29.9 Å². The van der Waals surface area contributed by atoms with Crippen molar-refractivity contribution in [3.63, 3.8) is 0 Å². The Hall–Kier alpha value is -1.05. The topological polar surface area (TPSA) is 16.1 Å². The molecule has 0 bridgehead atoms. The summed E-state index contributed by atoms with van der Waals surface area (Å²) in [5.74, 6) is 0. The van der Waals surface area contributed by atoms with Crippen LogP contribution >= 0.6 is 0 Å². The number of hydrogen-bond acceptors (Lipinski definition) is 2. The maximum atomic E-state index is 4.40. The van der Waals surface area contributed by atoms with Gasteiger partial charge in [-0.25, -0.2) is 0 Å². The number of anilines is 1. The quantitative estimate of drug-likeness (QED) is 0.735. The van der Waals surface area contributed by atoms with Gasteiger partial charge >= 0.3 is 0 Å². The highest BCUT2D eigenvalue weighted by molar-refractivity contribution is 5.51. The summed E-state index contributed by atoms with van der Waals surface area (Å²) in [5.41, 5.74) is 3.54. The minimum Gasteiger partial charge on any atom is -0.369 e. The van der Waals surface area contributed by atoms with Gasteiger partial charge in [-0.15, -0.1) is 0 Å². The molecular formula is C15H22N2. The largest absolute Gasteiger partial charge is 0.369 e. The van der Waals surface area contributed by atoms with Crippen LogP contribution in [0.1, 0.15) is 45.6 Å². The number of nitrogens with zero attached hydrogens (tertiary/aromatic N) is 2. The van der Waals surface area contributed by atoms with Crippen molar-refractivity contribution in [2.24, 2.45) is 5.41 Å². The van der Waals surface area contributed by atoms with Crippen LogP contribution < -0.4 is 4.90 Å². The molecule has 92 valence electrons. The van der Waals surface area contributed by atoms with Gasteiger partial charge in [0.1, 0.15) is 0 Å². The minimum atomic E-state index is 0.196. The van der Waals surface area contributed by atoms with Crippen LogP contribution in [-0.2, 0) is 5.41 Å². The summed E-state index contributed by atoms with van der Waals surface area (Å²) in [6.45, 7) is 9.25. The van der Waals surface area contributed by atoms with Gasteiger partial charge in [0, 0.05) is 24.7 Å². The fourth-order valence-electron chi connectivity index (χ4n) is 2.95. The third-order valence-electron chi connectivity index (χ3n) is 4.42. The van der Waals surface area contributed by atoms with Crippen molar-refractivity contribution in [3.05, 3.63) is 24.0 Å². The van der Waals surface area contributed by atoms with Crippen molar-refractivity contribution >= 4 is 5.69 Å². The summed E-state index contributed by atoms with van der Waals surface area (Å²) in [6.07, 6.45) is 8.34. The van der Waals surface area contributed by atoms with Gasteiger partial charge in [0.2, 0.25) is 0 Å². The van der Waals surface area contributed by atoms with Crippen LogP contribution in [0.25, 0.3) is 0 Å². The van der Waals surface area contributed by atoms with E-state index in [1.165, 1.54) is 43.6 Å². The summed E-state index contributed by atoms with van der Waals surface area (Å²) in [6, 6.07) is 2.32. The molecule has 17 heavy (non-hydrogen) atoms. The van der Waals surface area contributed by atoms with Crippen LogP contribution in [0.2, 0.25) is 0 Å². The third-order valence-corrected chi connectivity index (χ3v) is 4.42. The van der Waals surface area contributed by atoms with E-state index in [1.807, 2.05) is 12.4 Å². The van der Waals surface area contributed by atoms with Gasteiger partial charge in [0.05, 0.1) is 11.9 Å². The van der Waals surface area contributed by atoms with Gasteiger partial charge in [0.25, 0.3) is 0 Å². The second-order valence-corrected chi connectivity index (χ2v) is 6.89. The summed E-state index contributed by atoms with van der Waals surface area (Å²) in [5, 5.41) is 0. The zero-order valence-corrected chi connectivity index (χ0v) is 11.2. The molecule has 2 fully saturated rings. The standard InChI is InChI=1S/C15H22N2/c1-14(2,3)12-7-13(9-16-8-12)17-10-15(11-17)5-4-6-15/h7-9H,4-6,10-11H2,1-3H3. The Morgan fingerprint density at radius 3 is 2.41 bits per heavy atom. The zero-order valence-electron chi connectivity index (χ0n) is 11.2. The highest BCUT2D eigenvalue weighted by Gasteiger charge is 2.47. The molecule has 1 aromatic heterocycles. The molecule has 0 atom stereocenters. The molecule has 3 rings (SSSR count). The van der Waals surface area contributed by atoms with Crippen LogP contribution in [0, 0.1) is 5.41 Å². The summed E-state index contributed by atoms with van der Waals surface area (Å²) >= 11 is 0. The third kappa shape index (κ3) is 1.84. The maximum Gasteiger partial charge on any atom is 0.0556 e. The molecular weight excluding hydrogens is 208 g/mol. The molecule has 1 aliphatic carbocycles. The molecule has 2 nitrogen and oxygen atoms in total. The van der Waals surface area contributed by atoms with Gasteiger partial charge in [-0.2, -0.15) is 0 Å². The van der Waals surface area contributed by atoms with Crippen LogP contribution in [0.3, 0.4) is 0 Å². The molecule has 0 radical (unpaired) electrons. The van der Waals surface area contributed by atoms with Crippen molar-refractivity contribution in [1.82, 2.24) is 4.98 Å². The molecule has 2 aliphatic rings. The van der Waals surface area contributed by atoms with E-state index in [2.05, 4.69) is 36.7 Å². The van der Waals surface area contributed by atoms with Gasteiger partial charge in [0.15, 0.2) is 0 Å². The second-order valence-electron chi connectivity index (χ2n) is 6.89. The smallest absolute Gasteiger partial charge is 0.0556 e. The predicted molar refractivity (Wildman–Crippen MR) is 71.4 cm³/mol. The number of hydrogen-bond donors (Lipinski definition) is 0. The Labute approximate surface area is 104 Å². The molecule has 0 aromatic carbocycles. The Morgan fingerprint density at radius 1 is 1.18 bits per heavy atom. The lowest BCUT2D eigenvalue weighted by Crippen LogP contribution is -2.59. The van der Waals surface area contributed by atoms with Crippen LogP contribution in [-0.4, -0.2) is 18.1 Å². The molecule has 0 unspecified atom stereocenters. The molecule has 1 aliphatic heterocycles. The number of rotatable bonds is 1. The minimum absolute atomic E-state index is 0.196. The van der Waals surface area contributed by atoms with Gasteiger partial charge in [-0.1, -0.05) is 27.2 Å². The van der Waals surface area contributed by atoms with Crippen LogP contribution in [0.15, 0.2) is 18.5 Å². The van der Waals surface area contributed by atoms with E-state index in [4.69, 9.17) is 0 Å². The molecule has 2 heterocycles. The number of pyridine rings is 1. The molecule has 1 spiro atoms. The molecule has 1 saturated carbocycles. The lowest BCUT2D eigenvalue weighted by atomic mass is 9.63. The highest BCUT2D eigenvalue weighted by Crippen LogP contribution is 2.49. The van der Waals surface area contributed by atoms with Crippen molar-refractivity contribution < 1.29 is 0 Å². The first-order chi connectivity index (χ1) is 7.99. The first-order valence-corrected chi connectivity index (χ1v) is 6.69. The van der Waals surface area contributed by atoms with Crippen molar-refractivity contribution in [2.75, 3.05) is 18.0 Å². The van der Waals surface area contributed by atoms with Gasteiger partial charge < -0.3 is 4.90 Å². The second kappa shape index (κ2) is 3.47. The Balaban J connectivity index is 1.76. The average molecular weight is 230 g/mol. The Morgan fingerprint density at radius 2 is 1.88 bits per heavy atom. The fraction of sp³-hybridized carbons (Fsp3) is 0.667. The molecule has 0 N–H and O–H groups in total. The van der Waals surface area contributed by atoms with Crippen molar-refractivity contribution in [1.29, 1.82) is 0 Å². The van der Waals surface area contributed by atoms with Crippen molar-refractivity contribution in [3.8, 4) is 0 Å². The first-order valence-electron chi connectivity index (χ1n) is 6.69. The first kappa shape index (κ1) is 11.1. The van der Waals surface area contributed by atoms with Crippen molar-refractivity contribution in [2.45, 2.75) is 45.4 Å². The van der Waals surface area contributed by atoms with Gasteiger partial charge in [-0.3, -0.25) is 4.98 Å². The Bertz CT molecular complexity index is 419. The number of aromatic nitrogens is 1. The monoisotopic (exact) mass is 230 g/mol. The van der Waals surface area contributed by atoms with E-state index in [-0.39, 0.29) is 5.41 Å². The molecule has 1 aromatic rings. The molecule has 2 heteroatoms. The lowest BCUT2D eigenvalue weighted by molar-refractivity contribution is 0.0903. The van der Waals surface area contributed by atoms with E-state index in [1.54, 1.807) is 0 Å². The maximum absolute atomic E-state index is 4.40. The van der Waals surface area contributed by atoms with E-state index < -0.39 is 0 Å². The predicted octanol–water partition coefficient (Wildman–Crippen LogP) is 3.37. The van der Waals surface area contributed by atoms with E-state index >= 15 is 0 Å². The lowest BCUT2D eigenvalue weighted by Gasteiger charge is -2.57. The normalized spacial score (nSPS) is 22.2. The van der Waals surface area contributed by atoms with E-state index in [0.717, 1.165) is 0 Å². The summed E-state index contributed by atoms with van der Waals surface area (Å²) in [4.78, 5) is 6.89. The average Bonchev–Trinajstić information content (AvgIpc) is 2.12. The molecule has 0 amide bonds. The summed E-state index contributed by atoms with van der Waals surface area (Å²) < 4.78 is 0. The van der Waals surface area contributed by atoms with E-state index in [0.29, 0.717) is 5.41 Å². The zero-order chi connectivity index (χ0) is 12.1. The van der Waals surface area contributed by atoms with Crippen LogP contribution in [0.4, 0.5) is 5.69 Å². The SMILES string of the molecule is CC(C)(C)c1cncc(N2CC3(CCC3)C2)c1.